The molecule has 0 bridgehead atoms. The molecule has 1 fully saturated rings. The van der Waals surface area contributed by atoms with Gasteiger partial charge in [0.25, 0.3) is 5.91 Å². The van der Waals surface area contributed by atoms with E-state index in [1.165, 1.54) is 0 Å². The number of carbonyl (C=O) groups excluding carboxylic acids is 2. The van der Waals surface area contributed by atoms with Crippen molar-refractivity contribution in [3.63, 3.8) is 0 Å². The molecule has 0 radical (unpaired) electrons. The smallest absolute Gasteiger partial charge is 0.253 e. The van der Waals surface area contributed by atoms with E-state index >= 15 is 0 Å². The molecule has 1 atom stereocenters. The minimum Gasteiger partial charge on any atom is -0.398 e. The van der Waals surface area contributed by atoms with Crippen molar-refractivity contribution < 1.29 is 9.59 Å². The third-order valence-corrected chi connectivity index (χ3v) is 4.05. The highest BCUT2D eigenvalue weighted by atomic mass is 79.9. The minimum absolute atomic E-state index is 0.0911. The number of nitrogens with two attached hydrogens (primary N) is 2. The Hall–Kier alpha value is -1.56. The topological polar surface area (TPSA) is 89.4 Å². The Kier molecular flexibility index (Phi) is 4.09. The largest absolute Gasteiger partial charge is 0.398 e. The van der Waals surface area contributed by atoms with Crippen molar-refractivity contribution in [2.45, 2.75) is 12.8 Å². The molecule has 19 heavy (non-hydrogen) atoms. The summed E-state index contributed by atoms with van der Waals surface area (Å²) in [5.41, 5.74) is 12.2. The number of amides is 2. The van der Waals surface area contributed by atoms with E-state index in [-0.39, 0.29) is 17.7 Å². The molecule has 5 nitrogen and oxygen atoms in total. The van der Waals surface area contributed by atoms with E-state index < -0.39 is 0 Å². The quantitative estimate of drug-likeness (QED) is 0.805. The first kappa shape index (κ1) is 13.9. The third kappa shape index (κ3) is 3.07. The Morgan fingerprint density at radius 3 is 2.74 bits per heavy atom. The predicted octanol–water partition coefficient (Wildman–Crippen LogP) is 1.37. The molecule has 0 aromatic heterocycles. The van der Waals surface area contributed by atoms with E-state index in [1.807, 2.05) is 0 Å². The average molecular weight is 326 g/mol. The second-order valence-electron chi connectivity index (χ2n) is 4.73. The highest BCUT2D eigenvalue weighted by Gasteiger charge is 2.27. The maximum Gasteiger partial charge on any atom is 0.253 e. The number of piperidine rings is 1. The maximum absolute atomic E-state index is 12.3. The number of likely N-dealkylation sites (tertiary alicyclic amines) is 1. The number of hydrogen-bond donors (Lipinski definition) is 2. The van der Waals surface area contributed by atoms with Crippen LogP contribution in [0.1, 0.15) is 23.2 Å². The van der Waals surface area contributed by atoms with Crippen LogP contribution in [-0.4, -0.2) is 29.8 Å². The lowest BCUT2D eigenvalue weighted by Gasteiger charge is -2.31. The van der Waals surface area contributed by atoms with Crippen LogP contribution in [0.4, 0.5) is 5.69 Å². The maximum atomic E-state index is 12.3. The van der Waals surface area contributed by atoms with Crippen LogP contribution >= 0.6 is 15.9 Å². The molecule has 0 saturated carbocycles. The minimum atomic E-state index is -0.337. The molecule has 1 aliphatic rings. The van der Waals surface area contributed by atoms with Crippen molar-refractivity contribution in [2.24, 2.45) is 11.7 Å². The lowest BCUT2D eigenvalue weighted by molar-refractivity contribution is -0.123. The van der Waals surface area contributed by atoms with Gasteiger partial charge in [0.2, 0.25) is 5.91 Å². The molecule has 1 unspecified atom stereocenters. The van der Waals surface area contributed by atoms with Gasteiger partial charge in [-0.25, -0.2) is 0 Å². The van der Waals surface area contributed by atoms with E-state index in [0.29, 0.717) is 28.8 Å². The van der Waals surface area contributed by atoms with Crippen LogP contribution in [0.25, 0.3) is 0 Å². The molecule has 2 amide bonds. The third-order valence-electron chi connectivity index (χ3n) is 3.36. The van der Waals surface area contributed by atoms with Crippen LogP contribution in [0.5, 0.6) is 0 Å². The van der Waals surface area contributed by atoms with Gasteiger partial charge in [0.05, 0.1) is 5.92 Å². The lowest BCUT2D eigenvalue weighted by atomic mass is 9.97. The lowest BCUT2D eigenvalue weighted by Crippen LogP contribution is -2.44. The molecular formula is C13H16BrN3O2. The number of hydrogen-bond acceptors (Lipinski definition) is 3. The van der Waals surface area contributed by atoms with Gasteiger partial charge in [0.15, 0.2) is 0 Å². The van der Waals surface area contributed by atoms with Gasteiger partial charge < -0.3 is 16.4 Å². The molecule has 102 valence electrons. The number of rotatable bonds is 2. The van der Waals surface area contributed by atoms with E-state index in [0.717, 1.165) is 12.8 Å². The molecule has 2 rings (SSSR count). The van der Waals surface area contributed by atoms with Gasteiger partial charge in [0.1, 0.15) is 0 Å². The Morgan fingerprint density at radius 2 is 2.11 bits per heavy atom. The highest BCUT2D eigenvalue weighted by Crippen LogP contribution is 2.23. The summed E-state index contributed by atoms with van der Waals surface area (Å²) in [5.74, 6) is -0.669. The zero-order valence-electron chi connectivity index (χ0n) is 10.4. The fourth-order valence-corrected chi connectivity index (χ4v) is 2.62. The summed E-state index contributed by atoms with van der Waals surface area (Å²) in [7, 11) is 0. The molecule has 1 saturated heterocycles. The van der Waals surface area contributed by atoms with E-state index in [1.54, 1.807) is 23.1 Å². The second kappa shape index (κ2) is 5.61. The summed E-state index contributed by atoms with van der Waals surface area (Å²) in [6.45, 7) is 1.06. The number of primary amides is 1. The molecule has 6 heteroatoms. The van der Waals surface area contributed by atoms with Crippen molar-refractivity contribution in [1.29, 1.82) is 0 Å². The summed E-state index contributed by atoms with van der Waals surface area (Å²) in [5, 5.41) is 0. The Labute approximate surface area is 120 Å². The SMILES string of the molecule is NC(=O)C1CCCN(C(=O)c2ccc(N)c(Br)c2)C1. The second-order valence-corrected chi connectivity index (χ2v) is 5.58. The van der Waals surface area contributed by atoms with Crippen molar-refractivity contribution in [3.05, 3.63) is 28.2 Å². The Balaban J connectivity index is 2.14. The Morgan fingerprint density at radius 1 is 1.37 bits per heavy atom. The molecule has 0 spiro atoms. The first-order chi connectivity index (χ1) is 8.99. The first-order valence-corrected chi connectivity index (χ1v) is 6.92. The molecule has 1 aromatic carbocycles. The fraction of sp³-hybridized carbons (Fsp3) is 0.385. The monoisotopic (exact) mass is 325 g/mol. The zero-order valence-corrected chi connectivity index (χ0v) is 12.0. The van der Waals surface area contributed by atoms with Gasteiger partial charge in [-0.3, -0.25) is 9.59 Å². The van der Waals surface area contributed by atoms with Gasteiger partial charge in [0, 0.05) is 28.8 Å². The standard InChI is InChI=1S/C13H16BrN3O2/c14-10-6-8(3-4-11(10)15)13(19)17-5-1-2-9(7-17)12(16)18/h3-4,6,9H,1-2,5,7,15H2,(H2,16,18). The number of halogens is 1. The van der Waals surface area contributed by atoms with Gasteiger partial charge in [-0.05, 0) is 47.0 Å². The zero-order chi connectivity index (χ0) is 14.0. The van der Waals surface area contributed by atoms with Gasteiger partial charge in [-0.2, -0.15) is 0 Å². The predicted molar refractivity (Wildman–Crippen MR) is 76.4 cm³/mol. The molecular weight excluding hydrogens is 310 g/mol. The first-order valence-electron chi connectivity index (χ1n) is 6.12. The van der Waals surface area contributed by atoms with E-state index in [9.17, 15) is 9.59 Å². The van der Waals surface area contributed by atoms with Gasteiger partial charge >= 0.3 is 0 Å². The number of nitrogens with zero attached hydrogens (tertiary/aromatic N) is 1. The van der Waals surface area contributed by atoms with Crippen LogP contribution in [0.2, 0.25) is 0 Å². The van der Waals surface area contributed by atoms with Crippen LogP contribution in [0, 0.1) is 5.92 Å². The van der Waals surface area contributed by atoms with Crippen LogP contribution in [0.3, 0.4) is 0 Å². The average Bonchev–Trinajstić information content (AvgIpc) is 2.41. The van der Waals surface area contributed by atoms with E-state index in [4.69, 9.17) is 11.5 Å². The summed E-state index contributed by atoms with van der Waals surface area (Å²) < 4.78 is 0.696. The highest BCUT2D eigenvalue weighted by molar-refractivity contribution is 9.10. The number of benzene rings is 1. The van der Waals surface area contributed by atoms with E-state index in [2.05, 4.69) is 15.9 Å². The molecule has 0 aliphatic carbocycles. The molecule has 1 aromatic rings. The number of nitrogen functional groups attached to an aromatic ring is 1. The number of anilines is 1. The van der Waals surface area contributed by atoms with Crippen LogP contribution in [-0.2, 0) is 4.79 Å². The number of carbonyl (C=O) groups is 2. The van der Waals surface area contributed by atoms with Crippen molar-refractivity contribution in [3.8, 4) is 0 Å². The summed E-state index contributed by atoms with van der Waals surface area (Å²) in [4.78, 5) is 25.2. The van der Waals surface area contributed by atoms with Crippen molar-refractivity contribution in [1.82, 2.24) is 4.90 Å². The molecule has 1 heterocycles. The van der Waals surface area contributed by atoms with Gasteiger partial charge in [-0.15, -0.1) is 0 Å². The fourth-order valence-electron chi connectivity index (χ4n) is 2.24. The normalized spacial score (nSPS) is 19.2. The summed E-state index contributed by atoms with van der Waals surface area (Å²) in [6.07, 6.45) is 1.56. The molecule has 4 N–H and O–H groups in total. The Bertz CT molecular complexity index is 519. The van der Waals surface area contributed by atoms with Crippen molar-refractivity contribution in [2.75, 3.05) is 18.8 Å². The summed E-state index contributed by atoms with van der Waals surface area (Å²) in [6, 6.07) is 5.08. The van der Waals surface area contributed by atoms with Crippen LogP contribution < -0.4 is 11.5 Å². The van der Waals surface area contributed by atoms with Crippen LogP contribution in [0.15, 0.2) is 22.7 Å². The summed E-state index contributed by atoms with van der Waals surface area (Å²) >= 11 is 3.30. The van der Waals surface area contributed by atoms with Crippen molar-refractivity contribution >= 4 is 33.4 Å². The molecule has 1 aliphatic heterocycles. The van der Waals surface area contributed by atoms with Gasteiger partial charge in [-0.1, -0.05) is 0 Å².